The van der Waals surface area contributed by atoms with Crippen molar-refractivity contribution < 1.29 is 9.72 Å². The van der Waals surface area contributed by atoms with E-state index >= 15 is 0 Å². The van der Waals surface area contributed by atoms with Crippen LogP contribution in [0.4, 0.5) is 17.1 Å². The molecule has 2 aromatic rings. The molecule has 0 atom stereocenters. The predicted octanol–water partition coefficient (Wildman–Crippen LogP) is 3.95. The second kappa shape index (κ2) is 7.11. The lowest BCUT2D eigenvalue weighted by atomic mass is 9.99. The second-order valence-corrected chi connectivity index (χ2v) is 6.56. The summed E-state index contributed by atoms with van der Waals surface area (Å²) in [5, 5.41) is 14.0. The molecule has 130 valence electrons. The Kier molecular flexibility index (Phi) is 4.90. The molecular weight excluding hydrogens is 342 g/mol. The normalized spacial score (nSPS) is 13.3. The van der Waals surface area contributed by atoms with Crippen LogP contribution in [0.1, 0.15) is 17.5 Å². The standard InChI is InChI=1S/C18H18ClN3O3/c1-12-4-6-16-13(9-12)3-2-8-21(16)11-18(23)20-15-10-14(19)5-7-17(15)22(24)25/h4-7,9-10H,2-3,8,11H2,1H3,(H,20,23). The van der Waals surface area contributed by atoms with Crippen LogP contribution in [-0.4, -0.2) is 23.9 Å². The number of halogens is 1. The number of nitro groups is 1. The van der Waals surface area contributed by atoms with Crippen molar-refractivity contribution in [2.45, 2.75) is 19.8 Å². The van der Waals surface area contributed by atoms with E-state index in [4.69, 9.17) is 11.6 Å². The molecular formula is C18H18ClN3O3. The molecule has 7 heteroatoms. The van der Waals surface area contributed by atoms with Gasteiger partial charge in [0.05, 0.1) is 11.5 Å². The van der Waals surface area contributed by atoms with Gasteiger partial charge in [-0.1, -0.05) is 29.3 Å². The Bertz CT molecular complexity index is 838. The number of amides is 1. The number of aryl methyl sites for hydroxylation is 2. The lowest BCUT2D eigenvalue weighted by molar-refractivity contribution is -0.383. The Balaban J connectivity index is 1.77. The molecule has 1 heterocycles. The number of hydrogen-bond acceptors (Lipinski definition) is 4. The van der Waals surface area contributed by atoms with E-state index in [0.717, 1.165) is 25.1 Å². The average molecular weight is 360 g/mol. The van der Waals surface area contributed by atoms with Gasteiger partial charge in [0.2, 0.25) is 5.91 Å². The SMILES string of the molecule is Cc1ccc2c(c1)CCCN2CC(=O)Nc1cc(Cl)ccc1[N+](=O)[O-]. The van der Waals surface area contributed by atoms with Gasteiger partial charge in [-0.15, -0.1) is 0 Å². The van der Waals surface area contributed by atoms with Crippen molar-refractivity contribution in [1.29, 1.82) is 0 Å². The van der Waals surface area contributed by atoms with Crippen LogP contribution in [0.15, 0.2) is 36.4 Å². The Morgan fingerprint density at radius 2 is 2.12 bits per heavy atom. The maximum absolute atomic E-state index is 12.4. The van der Waals surface area contributed by atoms with Crippen LogP contribution in [0.2, 0.25) is 5.02 Å². The molecule has 0 saturated carbocycles. The molecule has 0 fully saturated rings. The molecule has 25 heavy (non-hydrogen) atoms. The van der Waals surface area contributed by atoms with Gasteiger partial charge >= 0.3 is 0 Å². The number of carbonyl (C=O) groups is 1. The van der Waals surface area contributed by atoms with Gasteiger partial charge in [-0.25, -0.2) is 0 Å². The highest BCUT2D eigenvalue weighted by atomic mass is 35.5. The third kappa shape index (κ3) is 3.91. The number of anilines is 2. The summed E-state index contributed by atoms with van der Waals surface area (Å²) >= 11 is 5.89. The number of rotatable bonds is 4. The molecule has 6 nitrogen and oxygen atoms in total. The third-order valence-electron chi connectivity index (χ3n) is 4.21. The van der Waals surface area contributed by atoms with Gasteiger partial charge in [-0.2, -0.15) is 0 Å². The van der Waals surface area contributed by atoms with Gasteiger partial charge in [0.15, 0.2) is 0 Å². The van der Waals surface area contributed by atoms with Crippen molar-refractivity contribution in [3.05, 3.63) is 62.7 Å². The molecule has 1 aliphatic rings. The fraction of sp³-hybridized carbons (Fsp3) is 0.278. The van der Waals surface area contributed by atoms with Gasteiger partial charge < -0.3 is 10.2 Å². The summed E-state index contributed by atoms with van der Waals surface area (Å²) in [7, 11) is 0. The van der Waals surface area contributed by atoms with Gasteiger partial charge in [0.1, 0.15) is 5.69 Å². The monoisotopic (exact) mass is 359 g/mol. The fourth-order valence-electron chi connectivity index (χ4n) is 3.10. The number of fused-ring (bicyclic) bond motifs is 1. The zero-order chi connectivity index (χ0) is 18.0. The molecule has 0 radical (unpaired) electrons. The summed E-state index contributed by atoms with van der Waals surface area (Å²) in [5.41, 5.74) is 3.41. The van der Waals surface area contributed by atoms with Crippen molar-refractivity contribution in [1.82, 2.24) is 0 Å². The zero-order valence-electron chi connectivity index (χ0n) is 13.8. The summed E-state index contributed by atoms with van der Waals surface area (Å²) in [5.74, 6) is -0.307. The van der Waals surface area contributed by atoms with Crippen molar-refractivity contribution in [2.24, 2.45) is 0 Å². The number of nitrogens with zero attached hydrogens (tertiary/aromatic N) is 2. The average Bonchev–Trinajstić information content (AvgIpc) is 2.54. The van der Waals surface area contributed by atoms with Crippen LogP contribution >= 0.6 is 11.6 Å². The first kappa shape index (κ1) is 17.2. The largest absolute Gasteiger partial charge is 0.362 e. The lowest BCUT2D eigenvalue weighted by Gasteiger charge is -2.31. The fourth-order valence-corrected chi connectivity index (χ4v) is 3.27. The Hall–Kier alpha value is -2.60. The number of benzene rings is 2. The lowest BCUT2D eigenvalue weighted by Crippen LogP contribution is -2.36. The van der Waals surface area contributed by atoms with Gasteiger partial charge in [0.25, 0.3) is 5.69 Å². The van der Waals surface area contributed by atoms with Crippen molar-refractivity contribution in [3.8, 4) is 0 Å². The molecule has 0 bridgehead atoms. The Morgan fingerprint density at radius 3 is 2.88 bits per heavy atom. The third-order valence-corrected chi connectivity index (χ3v) is 4.45. The van der Waals surface area contributed by atoms with Crippen LogP contribution in [0.5, 0.6) is 0 Å². The van der Waals surface area contributed by atoms with E-state index in [-0.39, 0.29) is 23.8 Å². The minimum absolute atomic E-state index is 0.114. The number of hydrogen-bond donors (Lipinski definition) is 1. The minimum atomic E-state index is -0.537. The van der Waals surface area contributed by atoms with E-state index in [1.54, 1.807) is 0 Å². The van der Waals surface area contributed by atoms with E-state index < -0.39 is 4.92 Å². The van der Waals surface area contributed by atoms with Crippen LogP contribution < -0.4 is 10.2 Å². The highest BCUT2D eigenvalue weighted by Gasteiger charge is 2.21. The van der Waals surface area contributed by atoms with Crippen molar-refractivity contribution in [2.75, 3.05) is 23.3 Å². The molecule has 2 aromatic carbocycles. The summed E-state index contributed by atoms with van der Waals surface area (Å²) < 4.78 is 0. The van der Waals surface area contributed by atoms with Crippen molar-refractivity contribution in [3.63, 3.8) is 0 Å². The molecule has 0 aromatic heterocycles. The second-order valence-electron chi connectivity index (χ2n) is 6.12. The minimum Gasteiger partial charge on any atom is -0.362 e. The summed E-state index contributed by atoms with van der Waals surface area (Å²) in [6.07, 6.45) is 1.97. The summed E-state index contributed by atoms with van der Waals surface area (Å²) in [4.78, 5) is 25.0. The number of nitro benzene ring substituents is 1. The first-order valence-electron chi connectivity index (χ1n) is 8.02. The Labute approximate surface area is 150 Å². The predicted molar refractivity (Wildman–Crippen MR) is 98.4 cm³/mol. The molecule has 3 rings (SSSR count). The van der Waals surface area contributed by atoms with Crippen LogP contribution in [-0.2, 0) is 11.2 Å². The van der Waals surface area contributed by atoms with Crippen LogP contribution in [0.3, 0.4) is 0 Å². The summed E-state index contributed by atoms with van der Waals surface area (Å²) in [6, 6.07) is 10.3. The zero-order valence-corrected chi connectivity index (χ0v) is 14.5. The molecule has 1 amide bonds. The van der Waals surface area contributed by atoms with E-state index in [0.29, 0.717) is 5.02 Å². The van der Waals surface area contributed by atoms with Gasteiger partial charge in [-0.3, -0.25) is 14.9 Å². The molecule has 1 N–H and O–H groups in total. The Morgan fingerprint density at radius 1 is 1.32 bits per heavy atom. The molecule has 0 spiro atoms. The quantitative estimate of drug-likeness (QED) is 0.662. The van der Waals surface area contributed by atoms with Gasteiger partial charge in [0, 0.05) is 23.3 Å². The first-order valence-corrected chi connectivity index (χ1v) is 8.40. The molecule has 0 aliphatic carbocycles. The van der Waals surface area contributed by atoms with E-state index in [9.17, 15) is 14.9 Å². The molecule has 0 unspecified atom stereocenters. The van der Waals surface area contributed by atoms with Crippen LogP contribution in [0.25, 0.3) is 0 Å². The molecule has 1 aliphatic heterocycles. The number of carbonyl (C=O) groups excluding carboxylic acids is 1. The maximum Gasteiger partial charge on any atom is 0.292 e. The summed E-state index contributed by atoms with van der Waals surface area (Å²) in [6.45, 7) is 2.96. The maximum atomic E-state index is 12.4. The molecule has 0 saturated heterocycles. The highest BCUT2D eigenvalue weighted by molar-refractivity contribution is 6.31. The van der Waals surface area contributed by atoms with Crippen molar-refractivity contribution >= 4 is 34.6 Å². The van der Waals surface area contributed by atoms with Crippen LogP contribution in [0, 0.1) is 17.0 Å². The van der Waals surface area contributed by atoms with Gasteiger partial charge in [-0.05, 0) is 43.5 Å². The van der Waals surface area contributed by atoms with E-state index in [2.05, 4.69) is 11.4 Å². The topological polar surface area (TPSA) is 75.5 Å². The highest BCUT2D eigenvalue weighted by Crippen LogP contribution is 2.29. The smallest absolute Gasteiger partial charge is 0.292 e. The van der Waals surface area contributed by atoms with E-state index in [1.165, 1.54) is 29.3 Å². The number of nitrogens with one attached hydrogen (secondary N) is 1. The first-order chi connectivity index (χ1) is 11.9. The van der Waals surface area contributed by atoms with E-state index in [1.807, 2.05) is 24.0 Å².